The van der Waals surface area contributed by atoms with Crippen molar-refractivity contribution in [2.45, 2.75) is 6.92 Å². The van der Waals surface area contributed by atoms with Crippen LogP contribution in [0.3, 0.4) is 0 Å². The molecule has 2 N–H and O–H groups in total. The molecule has 0 bridgehead atoms. The van der Waals surface area contributed by atoms with Crippen LogP contribution in [0.25, 0.3) is 5.69 Å². The van der Waals surface area contributed by atoms with Crippen molar-refractivity contribution in [3.8, 4) is 17.8 Å². The summed E-state index contributed by atoms with van der Waals surface area (Å²) in [6.45, 7) is 1.97. The maximum absolute atomic E-state index is 9.02. The molecule has 17 heavy (non-hydrogen) atoms. The zero-order valence-electron chi connectivity index (χ0n) is 9.18. The molecule has 0 fully saturated rings. The van der Waals surface area contributed by atoms with E-state index < -0.39 is 0 Å². The molecule has 2 aromatic rings. The number of aromatic nitrogens is 2. The molecule has 5 heteroatoms. The number of anilines is 1. The number of benzene rings is 1. The summed E-state index contributed by atoms with van der Waals surface area (Å²) in [4.78, 5) is 0. The van der Waals surface area contributed by atoms with Crippen LogP contribution in [0.15, 0.2) is 24.3 Å². The van der Waals surface area contributed by atoms with E-state index in [1.165, 1.54) is 4.68 Å². The second-order valence-electron chi connectivity index (χ2n) is 3.58. The van der Waals surface area contributed by atoms with Gasteiger partial charge < -0.3 is 5.73 Å². The smallest absolute Gasteiger partial charge is 0.187 e. The lowest BCUT2D eigenvalue weighted by Gasteiger charge is -2.02. The predicted octanol–water partition coefficient (Wildman–Crippen LogP) is 1.51. The van der Waals surface area contributed by atoms with Crippen LogP contribution in [0.1, 0.15) is 17.0 Å². The second kappa shape index (κ2) is 3.99. The van der Waals surface area contributed by atoms with Gasteiger partial charge in [-0.1, -0.05) is 17.7 Å². The Morgan fingerprint density at radius 1 is 1.18 bits per heavy atom. The topological polar surface area (TPSA) is 91.4 Å². The van der Waals surface area contributed by atoms with Crippen LogP contribution in [0.4, 0.5) is 5.69 Å². The van der Waals surface area contributed by atoms with Gasteiger partial charge in [0.05, 0.1) is 5.69 Å². The Balaban J connectivity index is 2.65. The summed E-state index contributed by atoms with van der Waals surface area (Å²) in [7, 11) is 0. The Bertz CT molecular complexity index is 637. The van der Waals surface area contributed by atoms with E-state index in [1.807, 2.05) is 43.3 Å². The number of nitriles is 2. The summed E-state index contributed by atoms with van der Waals surface area (Å²) in [6.07, 6.45) is 0. The number of nitrogens with zero attached hydrogens (tertiary/aromatic N) is 4. The van der Waals surface area contributed by atoms with E-state index in [9.17, 15) is 0 Å². The number of hydrogen-bond acceptors (Lipinski definition) is 4. The van der Waals surface area contributed by atoms with E-state index >= 15 is 0 Å². The normalized spacial score (nSPS) is 9.59. The van der Waals surface area contributed by atoms with Gasteiger partial charge in [0, 0.05) is 0 Å². The fourth-order valence-electron chi connectivity index (χ4n) is 1.49. The molecule has 1 heterocycles. The van der Waals surface area contributed by atoms with Gasteiger partial charge >= 0.3 is 0 Å². The Hall–Kier alpha value is -2.79. The molecule has 0 saturated carbocycles. The van der Waals surface area contributed by atoms with Crippen molar-refractivity contribution in [2.75, 3.05) is 5.73 Å². The lowest BCUT2D eigenvalue weighted by Crippen LogP contribution is -2.00. The molecular formula is C12H9N5. The Kier molecular flexibility index (Phi) is 2.52. The molecule has 5 nitrogen and oxygen atoms in total. The molecule has 0 unspecified atom stereocenters. The summed E-state index contributed by atoms with van der Waals surface area (Å²) in [5.74, 6) is 0. The van der Waals surface area contributed by atoms with Crippen LogP contribution in [0, 0.1) is 29.6 Å². The molecule has 0 radical (unpaired) electrons. The van der Waals surface area contributed by atoms with Gasteiger partial charge in [-0.2, -0.15) is 15.6 Å². The van der Waals surface area contributed by atoms with E-state index in [4.69, 9.17) is 16.3 Å². The van der Waals surface area contributed by atoms with Crippen LogP contribution in [0.2, 0.25) is 0 Å². The van der Waals surface area contributed by atoms with E-state index in [2.05, 4.69) is 5.10 Å². The fraction of sp³-hybridized carbons (Fsp3) is 0.0833. The summed E-state index contributed by atoms with van der Waals surface area (Å²) in [5, 5.41) is 21.9. The molecular weight excluding hydrogens is 214 g/mol. The monoisotopic (exact) mass is 223 g/mol. The molecule has 1 aromatic carbocycles. The van der Waals surface area contributed by atoms with Crippen molar-refractivity contribution in [3.63, 3.8) is 0 Å². The first-order valence-electron chi connectivity index (χ1n) is 4.93. The Morgan fingerprint density at radius 2 is 1.82 bits per heavy atom. The van der Waals surface area contributed by atoms with E-state index in [0.29, 0.717) is 5.69 Å². The average Bonchev–Trinajstić information content (AvgIpc) is 2.66. The van der Waals surface area contributed by atoms with E-state index in [1.54, 1.807) is 0 Å². The zero-order chi connectivity index (χ0) is 12.4. The molecule has 0 spiro atoms. The summed E-state index contributed by atoms with van der Waals surface area (Å²) >= 11 is 0. The van der Waals surface area contributed by atoms with Crippen molar-refractivity contribution in [3.05, 3.63) is 41.2 Å². The molecule has 0 saturated heterocycles. The van der Waals surface area contributed by atoms with Crippen LogP contribution < -0.4 is 5.73 Å². The highest BCUT2D eigenvalue weighted by Gasteiger charge is 2.15. The molecule has 0 atom stereocenters. The first kappa shape index (κ1) is 10.7. The van der Waals surface area contributed by atoms with Crippen LogP contribution in [-0.4, -0.2) is 9.78 Å². The maximum atomic E-state index is 9.02. The van der Waals surface area contributed by atoms with Crippen molar-refractivity contribution >= 4 is 5.69 Å². The molecule has 82 valence electrons. The predicted molar refractivity (Wildman–Crippen MR) is 62.1 cm³/mol. The third kappa shape index (κ3) is 1.70. The van der Waals surface area contributed by atoms with Crippen molar-refractivity contribution in [2.24, 2.45) is 0 Å². The minimum absolute atomic E-state index is 0.0714. The summed E-state index contributed by atoms with van der Waals surface area (Å²) in [6, 6.07) is 11.3. The third-order valence-electron chi connectivity index (χ3n) is 2.41. The molecule has 0 aliphatic carbocycles. The van der Waals surface area contributed by atoms with Gasteiger partial charge in [0.1, 0.15) is 17.8 Å². The van der Waals surface area contributed by atoms with Crippen LogP contribution in [0.5, 0.6) is 0 Å². The van der Waals surface area contributed by atoms with Crippen molar-refractivity contribution in [1.29, 1.82) is 10.5 Å². The first-order chi connectivity index (χ1) is 8.17. The average molecular weight is 223 g/mol. The summed E-state index contributed by atoms with van der Waals surface area (Å²) < 4.78 is 1.38. The molecule has 0 aliphatic rings. The number of nitrogens with two attached hydrogens (primary N) is 1. The van der Waals surface area contributed by atoms with E-state index in [-0.39, 0.29) is 17.1 Å². The standard InChI is InChI=1S/C12H9N5/c1-8-2-4-9(5-3-8)17-11(7-14)12(15)10(6-13)16-17/h2-5H,15H2,1H3. The first-order valence-corrected chi connectivity index (χ1v) is 4.93. The number of aryl methyl sites for hydroxylation is 1. The fourth-order valence-corrected chi connectivity index (χ4v) is 1.49. The highest BCUT2D eigenvalue weighted by Crippen LogP contribution is 2.19. The quantitative estimate of drug-likeness (QED) is 0.793. The SMILES string of the molecule is Cc1ccc(-n2nc(C#N)c(N)c2C#N)cc1. The van der Waals surface area contributed by atoms with Gasteiger partial charge in [0.15, 0.2) is 11.4 Å². The third-order valence-corrected chi connectivity index (χ3v) is 2.41. The van der Waals surface area contributed by atoms with Gasteiger partial charge in [-0.05, 0) is 19.1 Å². The summed E-state index contributed by atoms with van der Waals surface area (Å²) in [5.41, 5.74) is 7.86. The maximum Gasteiger partial charge on any atom is 0.187 e. The Morgan fingerprint density at radius 3 is 2.35 bits per heavy atom. The van der Waals surface area contributed by atoms with E-state index in [0.717, 1.165) is 5.56 Å². The van der Waals surface area contributed by atoms with Crippen molar-refractivity contribution in [1.82, 2.24) is 9.78 Å². The minimum atomic E-state index is 0.0714. The van der Waals surface area contributed by atoms with Gasteiger partial charge in [-0.25, -0.2) is 4.68 Å². The van der Waals surface area contributed by atoms with Gasteiger partial charge in [0.25, 0.3) is 0 Å². The molecule has 0 aliphatic heterocycles. The van der Waals surface area contributed by atoms with Gasteiger partial charge in [0.2, 0.25) is 0 Å². The number of hydrogen-bond donors (Lipinski definition) is 1. The molecule has 2 rings (SSSR count). The number of nitrogen functional groups attached to an aromatic ring is 1. The molecule has 0 amide bonds. The van der Waals surface area contributed by atoms with Gasteiger partial charge in [-0.15, -0.1) is 0 Å². The van der Waals surface area contributed by atoms with Crippen molar-refractivity contribution < 1.29 is 0 Å². The highest BCUT2D eigenvalue weighted by atomic mass is 15.3. The second-order valence-corrected chi connectivity index (χ2v) is 3.58. The van der Waals surface area contributed by atoms with Crippen LogP contribution >= 0.6 is 0 Å². The number of rotatable bonds is 1. The van der Waals surface area contributed by atoms with Crippen LogP contribution in [-0.2, 0) is 0 Å². The lowest BCUT2D eigenvalue weighted by molar-refractivity contribution is 0.859. The highest BCUT2D eigenvalue weighted by molar-refractivity contribution is 5.61. The largest absolute Gasteiger partial charge is 0.394 e. The zero-order valence-corrected chi connectivity index (χ0v) is 9.18. The Labute approximate surface area is 98.3 Å². The molecule has 1 aromatic heterocycles. The minimum Gasteiger partial charge on any atom is -0.394 e. The lowest BCUT2D eigenvalue weighted by atomic mass is 10.2. The van der Waals surface area contributed by atoms with Gasteiger partial charge in [-0.3, -0.25) is 0 Å².